The molecule has 8 heteroatoms. The second kappa shape index (κ2) is 15.1. The van der Waals surface area contributed by atoms with Crippen LogP contribution in [-0.2, 0) is 28.4 Å². The van der Waals surface area contributed by atoms with E-state index in [9.17, 15) is 10.2 Å². The zero-order chi connectivity index (χ0) is 15.1. The van der Waals surface area contributed by atoms with Crippen LogP contribution in [-0.4, -0.2) is 89.9 Å². The summed E-state index contributed by atoms with van der Waals surface area (Å²) in [6.45, 7) is 2.79. The van der Waals surface area contributed by atoms with Crippen LogP contribution in [0.4, 0.5) is 0 Å². The van der Waals surface area contributed by atoms with Crippen LogP contribution < -0.4 is 0 Å². The van der Waals surface area contributed by atoms with Gasteiger partial charge in [0, 0.05) is 14.2 Å². The molecular formula is C12H26O8. The summed E-state index contributed by atoms with van der Waals surface area (Å²) in [4.78, 5) is 0. The number of ether oxygens (including phenoxy) is 6. The molecule has 2 atom stereocenters. The molecule has 2 N–H and O–H groups in total. The van der Waals surface area contributed by atoms with Crippen LogP contribution in [0.1, 0.15) is 0 Å². The first-order valence-corrected chi connectivity index (χ1v) is 6.45. The fraction of sp³-hybridized carbons (Fsp3) is 1.00. The first kappa shape index (κ1) is 19.7. The fourth-order valence-corrected chi connectivity index (χ4v) is 1.11. The number of aliphatic hydroxyl groups excluding tert-OH is 2. The number of aliphatic hydroxyl groups is 2. The Bertz CT molecular complexity index is 172. The van der Waals surface area contributed by atoms with Crippen LogP contribution in [0.5, 0.6) is 0 Å². The van der Waals surface area contributed by atoms with Gasteiger partial charge >= 0.3 is 0 Å². The van der Waals surface area contributed by atoms with Crippen molar-refractivity contribution in [3.8, 4) is 0 Å². The van der Waals surface area contributed by atoms with Gasteiger partial charge < -0.3 is 38.6 Å². The highest BCUT2D eigenvalue weighted by Crippen LogP contribution is 1.98. The zero-order valence-corrected chi connectivity index (χ0v) is 12.2. The van der Waals surface area contributed by atoms with Gasteiger partial charge in [-0.2, -0.15) is 0 Å². The third kappa shape index (κ3) is 12.7. The molecule has 0 unspecified atom stereocenters. The lowest BCUT2D eigenvalue weighted by Crippen LogP contribution is -2.33. The van der Waals surface area contributed by atoms with Crippen molar-refractivity contribution in [2.24, 2.45) is 0 Å². The average Bonchev–Trinajstić information content (AvgIpc) is 2.45. The van der Waals surface area contributed by atoms with Crippen molar-refractivity contribution in [3.05, 3.63) is 0 Å². The lowest BCUT2D eigenvalue weighted by Gasteiger charge is -2.18. The Morgan fingerprint density at radius 1 is 0.600 bits per heavy atom. The molecule has 0 fully saturated rings. The van der Waals surface area contributed by atoms with Crippen LogP contribution in [0.25, 0.3) is 0 Å². The van der Waals surface area contributed by atoms with E-state index in [2.05, 4.69) is 0 Å². The summed E-state index contributed by atoms with van der Waals surface area (Å²) in [5, 5.41) is 18.8. The van der Waals surface area contributed by atoms with E-state index in [0.717, 1.165) is 0 Å². The molecule has 0 aromatic heterocycles. The Balaban J connectivity index is 3.35. The van der Waals surface area contributed by atoms with Gasteiger partial charge in [0.25, 0.3) is 0 Å². The minimum atomic E-state index is -1.42. The minimum absolute atomic E-state index is 0.148. The molecule has 0 rings (SSSR count). The van der Waals surface area contributed by atoms with Crippen molar-refractivity contribution in [3.63, 3.8) is 0 Å². The standard InChI is InChI=1S/C12H26O8/c1-15-3-5-17-7-9-19-11(13)12(14)20-10-8-18-6-4-16-2/h11-14H,3-10H2,1-2H3/t11-,12-/m0/s1. The van der Waals surface area contributed by atoms with E-state index < -0.39 is 12.6 Å². The number of hydrogen-bond acceptors (Lipinski definition) is 8. The highest BCUT2D eigenvalue weighted by Gasteiger charge is 2.16. The van der Waals surface area contributed by atoms with E-state index in [1.165, 1.54) is 0 Å². The van der Waals surface area contributed by atoms with Crippen LogP contribution in [0.2, 0.25) is 0 Å². The predicted molar refractivity (Wildman–Crippen MR) is 69.3 cm³/mol. The second-order valence-electron chi connectivity index (χ2n) is 3.73. The molecule has 0 saturated carbocycles. The van der Waals surface area contributed by atoms with Crippen molar-refractivity contribution in [2.45, 2.75) is 12.6 Å². The Hall–Kier alpha value is -0.320. The highest BCUT2D eigenvalue weighted by atomic mass is 16.7. The molecule has 0 spiro atoms. The normalized spacial score (nSPS) is 14.4. The molecule has 0 radical (unpaired) electrons. The first-order valence-electron chi connectivity index (χ1n) is 6.45. The molecule has 0 bridgehead atoms. The van der Waals surface area contributed by atoms with Crippen molar-refractivity contribution >= 4 is 0 Å². The van der Waals surface area contributed by atoms with Gasteiger partial charge in [0.15, 0.2) is 0 Å². The lowest BCUT2D eigenvalue weighted by molar-refractivity contribution is -0.256. The van der Waals surface area contributed by atoms with E-state index in [4.69, 9.17) is 28.4 Å². The summed E-state index contributed by atoms with van der Waals surface area (Å²) in [5.74, 6) is 0. The number of methoxy groups -OCH3 is 2. The lowest BCUT2D eigenvalue weighted by atomic mass is 10.6. The molecule has 122 valence electrons. The number of hydrogen-bond donors (Lipinski definition) is 2. The molecular weight excluding hydrogens is 272 g/mol. The topological polar surface area (TPSA) is 95.8 Å². The molecule has 0 aromatic rings. The highest BCUT2D eigenvalue weighted by molar-refractivity contribution is 4.46. The summed E-state index contributed by atoms with van der Waals surface area (Å²) >= 11 is 0. The van der Waals surface area contributed by atoms with Crippen molar-refractivity contribution in [2.75, 3.05) is 67.1 Å². The third-order valence-electron chi connectivity index (χ3n) is 2.14. The summed E-state index contributed by atoms with van der Waals surface area (Å²) < 4.78 is 29.7. The van der Waals surface area contributed by atoms with Gasteiger partial charge in [-0.1, -0.05) is 0 Å². The predicted octanol–water partition coefficient (Wildman–Crippen LogP) is -1.02. The molecule has 0 aliphatic rings. The van der Waals surface area contributed by atoms with Gasteiger partial charge in [-0.15, -0.1) is 0 Å². The third-order valence-corrected chi connectivity index (χ3v) is 2.14. The molecule has 0 heterocycles. The maximum atomic E-state index is 9.42. The Morgan fingerprint density at radius 2 is 0.950 bits per heavy atom. The average molecular weight is 298 g/mol. The van der Waals surface area contributed by atoms with Gasteiger partial charge in [0.1, 0.15) is 0 Å². The van der Waals surface area contributed by atoms with Gasteiger partial charge in [-0.3, -0.25) is 0 Å². The second-order valence-corrected chi connectivity index (χ2v) is 3.73. The van der Waals surface area contributed by atoms with E-state index in [1.54, 1.807) is 14.2 Å². The summed E-state index contributed by atoms with van der Waals surface area (Å²) in [5.41, 5.74) is 0. The fourth-order valence-electron chi connectivity index (χ4n) is 1.11. The molecule has 0 aromatic carbocycles. The van der Waals surface area contributed by atoms with Gasteiger partial charge in [0.05, 0.1) is 52.9 Å². The van der Waals surface area contributed by atoms with E-state index in [0.29, 0.717) is 39.6 Å². The van der Waals surface area contributed by atoms with E-state index in [-0.39, 0.29) is 13.2 Å². The molecule has 20 heavy (non-hydrogen) atoms. The maximum absolute atomic E-state index is 9.42. The van der Waals surface area contributed by atoms with Crippen LogP contribution in [0, 0.1) is 0 Å². The van der Waals surface area contributed by atoms with E-state index >= 15 is 0 Å². The SMILES string of the molecule is COCCOCCO[C@H](O)[C@@H](O)OCCOCCOC. The van der Waals surface area contributed by atoms with Crippen molar-refractivity contribution < 1.29 is 38.6 Å². The molecule has 0 amide bonds. The van der Waals surface area contributed by atoms with Crippen LogP contribution >= 0.6 is 0 Å². The smallest absolute Gasteiger partial charge is 0.206 e. The van der Waals surface area contributed by atoms with Crippen LogP contribution in [0.15, 0.2) is 0 Å². The van der Waals surface area contributed by atoms with Gasteiger partial charge in [-0.25, -0.2) is 0 Å². The minimum Gasteiger partial charge on any atom is -0.382 e. The van der Waals surface area contributed by atoms with Crippen molar-refractivity contribution in [1.29, 1.82) is 0 Å². The zero-order valence-electron chi connectivity index (χ0n) is 12.2. The van der Waals surface area contributed by atoms with Gasteiger partial charge in [-0.05, 0) is 0 Å². The molecule has 0 aliphatic carbocycles. The van der Waals surface area contributed by atoms with Crippen molar-refractivity contribution in [1.82, 2.24) is 0 Å². The number of rotatable bonds is 15. The molecule has 0 saturated heterocycles. The Morgan fingerprint density at radius 3 is 1.30 bits per heavy atom. The summed E-state index contributed by atoms with van der Waals surface area (Å²) in [7, 11) is 3.16. The Kier molecular flexibility index (Phi) is 14.8. The summed E-state index contributed by atoms with van der Waals surface area (Å²) in [6, 6.07) is 0. The monoisotopic (exact) mass is 298 g/mol. The first-order chi connectivity index (χ1) is 9.72. The maximum Gasteiger partial charge on any atom is 0.206 e. The molecule has 0 aliphatic heterocycles. The van der Waals surface area contributed by atoms with Crippen LogP contribution in [0.3, 0.4) is 0 Å². The van der Waals surface area contributed by atoms with Gasteiger partial charge in [0.2, 0.25) is 12.6 Å². The molecule has 8 nitrogen and oxygen atoms in total. The van der Waals surface area contributed by atoms with E-state index in [1.807, 2.05) is 0 Å². The largest absolute Gasteiger partial charge is 0.382 e. The summed E-state index contributed by atoms with van der Waals surface area (Å²) in [6.07, 6.45) is -2.83. The Labute approximate surface area is 119 Å². The quantitative estimate of drug-likeness (QED) is 0.293.